The largest absolute Gasteiger partial charge is 0.338 e. The third kappa shape index (κ3) is 3.09. The van der Waals surface area contributed by atoms with Gasteiger partial charge in [0.15, 0.2) is 0 Å². The number of carbonyl (C=O) groups is 3. The highest BCUT2D eigenvalue weighted by Gasteiger charge is 2.36. The summed E-state index contributed by atoms with van der Waals surface area (Å²) in [7, 11) is 0. The van der Waals surface area contributed by atoms with Crippen LogP contribution in [0.1, 0.15) is 40.5 Å². The maximum absolute atomic E-state index is 12.5. The van der Waals surface area contributed by atoms with Gasteiger partial charge in [-0.25, -0.2) is 0 Å². The number of hydrogen-bond acceptors (Lipinski definition) is 3. The molecule has 18 heavy (non-hydrogen) atoms. The van der Waals surface area contributed by atoms with Crippen molar-refractivity contribution in [3.05, 3.63) is 0 Å². The summed E-state index contributed by atoms with van der Waals surface area (Å²) in [5, 5.41) is 2.49. The zero-order valence-electron chi connectivity index (χ0n) is 11.5. The van der Waals surface area contributed by atoms with Crippen molar-refractivity contribution >= 4 is 18.1 Å². The molecule has 1 rings (SSSR count). The summed E-state index contributed by atoms with van der Waals surface area (Å²) in [5.74, 6) is -0.861. The quantitative estimate of drug-likeness (QED) is 0.594. The van der Waals surface area contributed by atoms with Crippen LogP contribution in [0.4, 0.5) is 0 Å². The van der Waals surface area contributed by atoms with Crippen LogP contribution < -0.4 is 5.32 Å². The predicted octanol–water partition coefficient (Wildman–Crippen LogP) is 0.725. The fraction of sp³-hybridized carbons (Fsp3) is 0.769. The second-order valence-corrected chi connectivity index (χ2v) is 5.37. The molecule has 0 aromatic carbocycles. The van der Waals surface area contributed by atoms with Gasteiger partial charge in [0.1, 0.15) is 6.04 Å². The van der Waals surface area contributed by atoms with Crippen molar-refractivity contribution in [2.24, 2.45) is 5.92 Å². The Hall–Kier alpha value is -1.39. The SMILES string of the molecule is CC(C)[C@H](NC(=O)C=O)C(=O)N1[C@H](C)CC[C@@H]1C. The number of amides is 2. The smallest absolute Gasteiger partial charge is 0.284 e. The average molecular weight is 254 g/mol. The molecule has 1 saturated heterocycles. The van der Waals surface area contributed by atoms with E-state index in [2.05, 4.69) is 5.32 Å². The standard InChI is InChI=1S/C13H22N2O3/c1-8(2)12(14-11(17)7-16)13(18)15-9(3)5-6-10(15)4/h7-10,12H,5-6H2,1-4H3,(H,14,17)/t9-,10+,12-/m0/s1. The van der Waals surface area contributed by atoms with Crippen molar-refractivity contribution in [3.63, 3.8) is 0 Å². The fourth-order valence-corrected chi connectivity index (χ4v) is 2.49. The first kappa shape index (κ1) is 14.7. The van der Waals surface area contributed by atoms with E-state index in [9.17, 15) is 14.4 Å². The Morgan fingerprint density at radius 3 is 2.11 bits per heavy atom. The van der Waals surface area contributed by atoms with Crippen LogP contribution in [0, 0.1) is 5.92 Å². The van der Waals surface area contributed by atoms with E-state index in [4.69, 9.17) is 0 Å². The van der Waals surface area contributed by atoms with Crippen molar-refractivity contribution in [1.29, 1.82) is 0 Å². The van der Waals surface area contributed by atoms with Gasteiger partial charge >= 0.3 is 0 Å². The number of likely N-dealkylation sites (tertiary alicyclic amines) is 1. The summed E-state index contributed by atoms with van der Waals surface area (Å²) >= 11 is 0. The summed E-state index contributed by atoms with van der Waals surface area (Å²) in [6.45, 7) is 7.75. The van der Waals surface area contributed by atoms with Gasteiger partial charge in [0, 0.05) is 12.1 Å². The van der Waals surface area contributed by atoms with Gasteiger partial charge in [-0.3, -0.25) is 14.4 Å². The van der Waals surface area contributed by atoms with E-state index >= 15 is 0 Å². The normalized spacial score (nSPS) is 25.1. The molecule has 1 heterocycles. The lowest BCUT2D eigenvalue weighted by Gasteiger charge is -2.32. The third-order valence-corrected chi connectivity index (χ3v) is 3.54. The van der Waals surface area contributed by atoms with Crippen LogP contribution in [-0.2, 0) is 14.4 Å². The number of hydrogen-bond donors (Lipinski definition) is 1. The van der Waals surface area contributed by atoms with Crippen molar-refractivity contribution in [2.75, 3.05) is 0 Å². The zero-order chi connectivity index (χ0) is 13.9. The average Bonchev–Trinajstić information content (AvgIpc) is 2.64. The van der Waals surface area contributed by atoms with Gasteiger partial charge < -0.3 is 10.2 Å². The van der Waals surface area contributed by atoms with E-state index in [0.717, 1.165) is 12.8 Å². The second kappa shape index (κ2) is 5.98. The van der Waals surface area contributed by atoms with Crippen LogP contribution in [0.5, 0.6) is 0 Å². The molecule has 102 valence electrons. The molecule has 0 spiro atoms. The Labute approximate surface area is 108 Å². The van der Waals surface area contributed by atoms with Crippen molar-refractivity contribution in [1.82, 2.24) is 10.2 Å². The maximum Gasteiger partial charge on any atom is 0.284 e. The summed E-state index contributed by atoms with van der Waals surface area (Å²) in [5.41, 5.74) is 0. The Morgan fingerprint density at radius 1 is 1.22 bits per heavy atom. The Kier molecular flexibility index (Phi) is 4.87. The number of rotatable bonds is 4. The molecular weight excluding hydrogens is 232 g/mol. The molecule has 1 aliphatic rings. The molecule has 5 nitrogen and oxygen atoms in total. The van der Waals surface area contributed by atoms with E-state index in [-0.39, 0.29) is 30.2 Å². The number of nitrogens with one attached hydrogen (secondary N) is 1. The molecule has 1 aliphatic heterocycles. The molecule has 5 heteroatoms. The molecule has 0 aliphatic carbocycles. The minimum Gasteiger partial charge on any atom is -0.338 e. The van der Waals surface area contributed by atoms with E-state index < -0.39 is 11.9 Å². The third-order valence-electron chi connectivity index (χ3n) is 3.54. The molecule has 0 saturated carbocycles. The van der Waals surface area contributed by atoms with Crippen LogP contribution in [0.3, 0.4) is 0 Å². The van der Waals surface area contributed by atoms with Crippen molar-refractivity contribution in [3.8, 4) is 0 Å². The highest BCUT2D eigenvalue weighted by atomic mass is 16.2. The molecule has 0 bridgehead atoms. The molecule has 3 atom stereocenters. The molecule has 2 amide bonds. The second-order valence-electron chi connectivity index (χ2n) is 5.37. The van der Waals surface area contributed by atoms with E-state index in [1.807, 2.05) is 32.6 Å². The predicted molar refractivity (Wildman–Crippen MR) is 67.8 cm³/mol. The zero-order valence-corrected chi connectivity index (χ0v) is 11.5. The first-order valence-electron chi connectivity index (χ1n) is 6.46. The monoisotopic (exact) mass is 254 g/mol. The lowest BCUT2D eigenvalue weighted by atomic mass is 10.0. The van der Waals surface area contributed by atoms with Gasteiger partial charge in [-0.05, 0) is 32.6 Å². The van der Waals surface area contributed by atoms with Gasteiger partial charge in [0.05, 0.1) is 0 Å². The summed E-state index contributed by atoms with van der Waals surface area (Å²) in [6, 6.07) is -0.227. The fourth-order valence-electron chi connectivity index (χ4n) is 2.49. The highest BCUT2D eigenvalue weighted by Crippen LogP contribution is 2.25. The van der Waals surface area contributed by atoms with Gasteiger partial charge in [0.25, 0.3) is 5.91 Å². The molecule has 1 fully saturated rings. The molecule has 0 radical (unpaired) electrons. The first-order chi connectivity index (χ1) is 8.38. The number of nitrogens with zero attached hydrogens (tertiary/aromatic N) is 1. The van der Waals surface area contributed by atoms with Gasteiger partial charge in [0.2, 0.25) is 12.2 Å². The Bertz CT molecular complexity index is 331. The van der Waals surface area contributed by atoms with Gasteiger partial charge in [-0.2, -0.15) is 0 Å². The summed E-state index contributed by atoms with van der Waals surface area (Å²) in [4.78, 5) is 35.8. The molecule has 1 N–H and O–H groups in total. The van der Waals surface area contributed by atoms with Crippen LogP contribution in [0.15, 0.2) is 0 Å². The number of carbonyl (C=O) groups excluding carboxylic acids is 3. The maximum atomic E-state index is 12.5. The van der Waals surface area contributed by atoms with E-state index in [1.165, 1.54) is 0 Å². The molecule has 0 unspecified atom stereocenters. The lowest BCUT2D eigenvalue weighted by molar-refractivity contribution is -0.140. The summed E-state index contributed by atoms with van der Waals surface area (Å²) < 4.78 is 0. The van der Waals surface area contributed by atoms with Crippen LogP contribution in [0.2, 0.25) is 0 Å². The topological polar surface area (TPSA) is 66.5 Å². The van der Waals surface area contributed by atoms with Crippen LogP contribution in [0.25, 0.3) is 0 Å². The van der Waals surface area contributed by atoms with Crippen molar-refractivity contribution in [2.45, 2.75) is 58.7 Å². The first-order valence-corrected chi connectivity index (χ1v) is 6.46. The van der Waals surface area contributed by atoms with E-state index in [0.29, 0.717) is 0 Å². The van der Waals surface area contributed by atoms with E-state index in [1.54, 1.807) is 0 Å². The van der Waals surface area contributed by atoms with Gasteiger partial charge in [-0.1, -0.05) is 13.8 Å². The van der Waals surface area contributed by atoms with Crippen LogP contribution >= 0.6 is 0 Å². The molecular formula is C13H22N2O3. The highest BCUT2D eigenvalue weighted by molar-refractivity contribution is 6.24. The Balaban J connectivity index is 2.82. The van der Waals surface area contributed by atoms with Crippen LogP contribution in [-0.4, -0.2) is 41.1 Å². The summed E-state index contributed by atoms with van der Waals surface area (Å²) in [6.07, 6.45) is 2.18. The Morgan fingerprint density at radius 2 is 1.72 bits per heavy atom. The molecule has 0 aromatic rings. The minimum atomic E-state index is -0.735. The minimum absolute atomic E-state index is 0.0404. The van der Waals surface area contributed by atoms with Crippen molar-refractivity contribution < 1.29 is 14.4 Å². The molecule has 0 aromatic heterocycles. The lowest BCUT2D eigenvalue weighted by Crippen LogP contribution is -2.53. The van der Waals surface area contributed by atoms with Gasteiger partial charge in [-0.15, -0.1) is 0 Å². The number of aldehydes is 1.